The Labute approximate surface area is 215 Å². The molecule has 1 amide bonds. The van der Waals surface area contributed by atoms with Crippen LogP contribution >= 0.6 is 11.3 Å². The average Bonchev–Trinajstić information content (AvgIpc) is 3.55. The number of methoxy groups -OCH3 is 1. The van der Waals surface area contributed by atoms with Crippen molar-refractivity contribution < 1.29 is 28.6 Å². The first-order valence-electron chi connectivity index (χ1n) is 11.6. The van der Waals surface area contributed by atoms with Crippen molar-refractivity contribution in [3.05, 3.63) is 88.7 Å². The zero-order valence-electron chi connectivity index (χ0n) is 19.9. The van der Waals surface area contributed by atoms with Crippen LogP contribution in [0.2, 0.25) is 0 Å². The highest BCUT2D eigenvalue weighted by Crippen LogP contribution is 2.45. The second-order valence-electron chi connectivity index (χ2n) is 9.01. The Morgan fingerprint density at radius 3 is 2.81 bits per heavy atom. The van der Waals surface area contributed by atoms with Gasteiger partial charge in [0.15, 0.2) is 5.13 Å². The lowest BCUT2D eigenvalue weighted by molar-refractivity contribution is -0.132. The number of Topliss-reactive ketones (excluding diaryl/α,β-unsaturated/α-hetero) is 1. The number of hydrogen-bond acceptors (Lipinski definition) is 7. The maximum Gasteiger partial charge on any atom is 0.301 e. The Bertz CT molecular complexity index is 1630. The first kappa shape index (κ1) is 23.2. The topological polar surface area (TPSA) is 89.0 Å². The van der Waals surface area contributed by atoms with Crippen molar-refractivity contribution in [1.82, 2.24) is 4.98 Å². The molecule has 7 nitrogen and oxygen atoms in total. The van der Waals surface area contributed by atoms with Gasteiger partial charge >= 0.3 is 5.91 Å². The summed E-state index contributed by atoms with van der Waals surface area (Å²) in [6.07, 6.45) is 0.686. The number of aromatic nitrogens is 1. The highest BCUT2D eigenvalue weighted by Gasteiger charge is 2.48. The number of ether oxygens (including phenoxy) is 2. The number of fused-ring (bicyclic) bond motifs is 2. The molecule has 2 aliphatic rings. The summed E-state index contributed by atoms with van der Waals surface area (Å²) in [5.74, 6) is -1.12. The normalized spacial score (nSPS) is 20.4. The van der Waals surface area contributed by atoms with E-state index >= 15 is 0 Å². The molecule has 9 heteroatoms. The number of rotatable bonds is 4. The molecule has 1 aromatic heterocycles. The third-order valence-corrected chi connectivity index (χ3v) is 7.59. The molecule has 2 atom stereocenters. The fourth-order valence-electron chi connectivity index (χ4n) is 4.87. The van der Waals surface area contributed by atoms with Crippen molar-refractivity contribution in [2.45, 2.75) is 25.5 Å². The minimum absolute atomic E-state index is 0.0126. The number of aliphatic hydroxyl groups is 1. The molecule has 0 spiro atoms. The molecule has 1 N–H and O–H groups in total. The summed E-state index contributed by atoms with van der Waals surface area (Å²) in [4.78, 5) is 32.7. The quantitative estimate of drug-likeness (QED) is 0.222. The second kappa shape index (κ2) is 8.70. The van der Waals surface area contributed by atoms with Gasteiger partial charge in [0, 0.05) is 12.0 Å². The fraction of sp³-hybridized carbons (Fsp3) is 0.179. The number of benzene rings is 3. The van der Waals surface area contributed by atoms with Gasteiger partial charge in [0.2, 0.25) is 0 Å². The Kier molecular flexibility index (Phi) is 5.45. The Hall–Kier alpha value is -4.24. The van der Waals surface area contributed by atoms with E-state index in [-0.39, 0.29) is 22.6 Å². The molecule has 0 aliphatic carbocycles. The summed E-state index contributed by atoms with van der Waals surface area (Å²) in [6.45, 7) is 1.96. The van der Waals surface area contributed by atoms with Gasteiger partial charge in [0.1, 0.15) is 29.2 Å². The standard InChI is InChI=1S/C28H21FN2O5S/c1-14-10-17-11-16(6-9-21(17)36-14)25(32)23-24(15-4-3-5-19(12-15)35-2)31(27(34)26(23)33)28-30-20-8-7-18(29)13-22(20)37-28/h3-9,11-14,24,32H,10H2,1-2H3/b25-23+. The van der Waals surface area contributed by atoms with E-state index in [4.69, 9.17) is 9.47 Å². The third-order valence-electron chi connectivity index (χ3n) is 6.57. The summed E-state index contributed by atoms with van der Waals surface area (Å²) < 4.78 is 25.5. The maximum absolute atomic E-state index is 13.8. The first-order chi connectivity index (χ1) is 17.8. The van der Waals surface area contributed by atoms with Gasteiger partial charge in [-0.25, -0.2) is 9.37 Å². The summed E-state index contributed by atoms with van der Waals surface area (Å²) >= 11 is 1.10. The number of aliphatic hydroxyl groups excluding tert-OH is 1. The number of anilines is 1. The van der Waals surface area contributed by atoms with Gasteiger partial charge in [-0.05, 0) is 66.6 Å². The van der Waals surface area contributed by atoms with Gasteiger partial charge in [-0.3, -0.25) is 14.5 Å². The summed E-state index contributed by atoms with van der Waals surface area (Å²) in [7, 11) is 1.52. The van der Waals surface area contributed by atoms with Crippen molar-refractivity contribution in [2.75, 3.05) is 12.0 Å². The largest absolute Gasteiger partial charge is 0.507 e. The average molecular weight is 517 g/mol. The van der Waals surface area contributed by atoms with Crippen LogP contribution in [0.5, 0.6) is 11.5 Å². The second-order valence-corrected chi connectivity index (χ2v) is 10.0. The van der Waals surface area contributed by atoms with Crippen LogP contribution in [0.25, 0.3) is 16.0 Å². The van der Waals surface area contributed by atoms with Gasteiger partial charge < -0.3 is 14.6 Å². The molecule has 0 radical (unpaired) electrons. The molecule has 186 valence electrons. The van der Waals surface area contributed by atoms with E-state index in [2.05, 4.69) is 4.98 Å². The Morgan fingerprint density at radius 1 is 1.16 bits per heavy atom. The van der Waals surface area contributed by atoms with E-state index < -0.39 is 23.5 Å². The molecule has 3 heterocycles. The number of carbonyl (C=O) groups excluding carboxylic acids is 2. The van der Waals surface area contributed by atoms with Gasteiger partial charge in [-0.1, -0.05) is 23.5 Å². The predicted octanol–water partition coefficient (Wildman–Crippen LogP) is 5.39. The summed E-state index contributed by atoms with van der Waals surface area (Å²) in [5, 5.41) is 11.7. The highest BCUT2D eigenvalue weighted by molar-refractivity contribution is 7.22. The zero-order chi connectivity index (χ0) is 25.8. The van der Waals surface area contributed by atoms with Crippen LogP contribution in [0.15, 0.2) is 66.2 Å². The van der Waals surface area contributed by atoms with E-state index in [9.17, 15) is 19.1 Å². The lowest BCUT2D eigenvalue weighted by Gasteiger charge is -2.23. The molecule has 6 rings (SSSR count). The third kappa shape index (κ3) is 3.82. The lowest BCUT2D eigenvalue weighted by Crippen LogP contribution is -2.29. The van der Waals surface area contributed by atoms with E-state index in [1.54, 1.807) is 42.5 Å². The lowest BCUT2D eigenvalue weighted by atomic mass is 9.94. The smallest absolute Gasteiger partial charge is 0.301 e. The molecule has 4 aromatic rings. The van der Waals surface area contributed by atoms with Gasteiger partial charge in [0.05, 0.1) is 28.9 Å². The molecule has 37 heavy (non-hydrogen) atoms. The zero-order valence-corrected chi connectivity index (χ0v) is 20.7. The molecule has 0 saturated carbocycles. The number of carbonyl (C=O) groups is 2. The highest BCUT2D eigenvalue weighted by atomic mass is 32.1. The van der Waals surface area contributed by atoms with Crippen molar-refractivity contribution in [3.63, 3.8) is 0 Å². The van der Waals surface area contributed by atoms with E-state index in [0.717, 1.165) is 22.6 Å². The Morgan fingerprint density at radius 2 is 2.00 bits per heavy atom. The first-order valence-corrected chi connectivity index (χ1v) is 12.5. The van der Waals surface area contributed by atoms with Crippen molar-refractivity contribution in [3.8, 4) is 11.5 Å². The number of nitrogens with zero attached hydrogens (tertiary/aromatic N) is 2. The molecule has 2 unspecified atom stereocenters. The molecule has 3 aromatic carbocycles. The van der Waals surface area contributed by atoms with Crippen molar-refractivity contribution >= 4 is 44.1 Å². The minimum atomic E-state index is -0.969. The predicted molar refractivity (Wildman–Crippen MR) is 138 cm³/mol. The fourth-order valence-corrected chi connectivity index (χ4v) is 5.89. The summed E-state index contributed by atoms with van der Waals surface area (Å²) in [5.41, 5.74) is 2.32. The number of amides is 1. The van der Waals surface area contributed by atoms with Crippen LogP contribution < -0.4 is 14.4 Å². The molecular formula is C28H21FN2O5S. The molecular weight excluding hydrogens is 495 g/mol. The van der Waals surface area contributed by atoms with Crippen molar-refractivity contribution in [2.24, 2.45) is 0 Å². The number of halogens is 1. The van der Waals surface area contributed by atoms with Gasteiger partial charge in [0.25, 0.3) is 5.78 Å². The van der Waals surface area contributed by atoms with Crippen molar-refractivity contribution in [1.29, 1.82) is 0 Å². The van der Waals surface area contributed by atoms with Crippen LogP contribution in [0, 0.1) is 5.82 Å². The van der Waals surface area contributed by atoms with Gasteiger partial charge in [-0.2, -0.15) is 0 Å². The van der Waals surface area contributed by atoms with Crippen LogP contribution in [0.3, 0.4) is 0 Å². The van der Waals surface area contributed by atoms with E-state index in [1.165, 1.54) is 30.2 Å². The SMILES string of the molecule is COc1cccc(C2/C(=C(\O)c3ccc4c(c3)CC(C)O4)C(=O)C(=O)N2c2nc3ccc(F)cc3s2)c1. The molecule has 0 bridgehead atoms. The van der Waals surface area contributed by atoms with Crippen LogP contribution in [0.4, 0.5) is 9.52 Å². The number of hydrogen-bond donors (Lipinski definition) is 1. The summed E-state index contributed by atoms with van der Waals surface area (Å²) in [6, 6.07) is 15.3. The van der Waals surface area contributed by atoms with Crippen LogP contribution in [0.1, 0.15) is 29.7 Å². The van der Waals surface area contributed by atoms with Crippen LogP contribution in [-0.4, -0.2) is 35.0 Å². The number of ketones is 1. The number of thiazole rings is 1. The Balaban J connectivity index is 1.54. The molecule has 1 fully saturated rings. The van der Waals surface area contributed by atoms with E-state index in [0.29, 0.717) is 33.5 Å². The van der Waals surface area contributed by atoms with E-state index in [1.807, 2.05) is 6.92 Å². The minimum Gasteiger partial charge on any atom is -0.507 e. The van der Waals surface area contributed by atoms with Crippen LogP contribution in [-0.2, 0) is 16.0 Å². The molecule has 2 aliphatic heterocycles. The maximum atomic E-state index is 13.8. The van der Waals surface area contributed by atoms with Gasteiger partial charge in [-0.15, -0.1) is 0 Å². The monoisotopic (exact) mass is 516 g/mol. The molecule has 1 saturated heterocycles.